The number of benzene rings is 2. The minimum Gasteiger partial charge on any atom is -0.261 e. The van der Waals surface area contributed by atoms with Crippen LogP contribution in [0.3, 0.4) is 0 Å². The standard InChI is InChI=1S/C18H15BrFN3S/c1-12(14-4-3-5-16(20)10-14)22-23-17(11-24-18(23)21-2)13-6-8-15(19)9-7-13/h3-11H,1-2H3. The Morgan fingerprint density at radius 1 is 1.17 bits per heavy atom. The monoisotopic (exact) mass is 403 g/mol. The molecule has 3 nitrogen and oxygen atoms in total. The zero-order valence-electron chi connectivity index (χ0n) is 13.2. The molecule has 0 N–H and O–H groups in total. The van der Waals surface area contributed by atoms with Crippen molar-refractivity contribution >= 4 is 33.0 Å². The Balaban J connectivity index is 2.12. The molecule has 0 amide bonds. The lowest BCUT2D eigenvalue weighted by Crippen LogP contribution is -2.13. The fourth-order valence-corrected chi connectivity index (χ4v) is 3.35. The van der Waals surface area contributed by atoms with E-state index in [0.29, 0.717) is 0 Å². The van der Waals surface area contributed by atoms with Crippen molar-refractivity contribution in [1.29, 1.82) is 0 Å². The van der Waals surface area contributed by atoms with Gasteiger partial charge in [0.15, 0.2) is 0 Å². The summed E-state index contributed by atoms with van der Waals surface area (Å²) in [7, 11) is 1.74. The molecular weight excluding hydrogens is 389 g/mol. The van der Waals surface area contributed by atoms with Crippen molar-refractivity contribution < 1.29 is 4.39 Å². The number of nitrogens with zero attached hydrogens (tertiary/aromatic N) is 3. The van der Waals surface area contributed by atoms with E-state index in [1.54, 1.807) is 17.8 Å². The Bertz CT molecular complexity index is 955. The Morgan fingerprint density at radius 3 is 2.58 bits per heavy atom. The van der Waals surface area contributed by atoms with E-state index in [-0.39, 0.29) is 5.82 Å². The largest absolute Gasteiger partial charge is 0.261 e. The molecule has 3 rings (SSSR count). The van der Waals surface area contributed by atoms with E-state index in [4.69, 9.17) is 0 Å². The number of hydrogen-bond acceptors (Lipinski definition) is 3. The van der Waals surface area contributed by atoms with Crippen LogP contribution in [0.25, 0.3) is 11.3 Å². The van der Waals surface area contributed by atoms with Gasteiger partial charge in [0.1, 0.15) is 5.82 Å². The van der Waals surface area contributed by atoms with Crippen molar-refractivity contribution in [3.8, 4) is 11.3 Å². The molecule has 1 aromatic heterocycles. The van der Waals surface area contributed by atoms with Crippen molar-refractivity contribution in [2.24, 2.45) is 10.1 Å². The van der Waals surface area contributed by atoms with E-state index in [1.165, 1.54) is 23.5 Å². The zero-order valence-corrected chi connectivity index (χ0v) is 15.6. The second-order valence-electron chi connectivity index (χ2n) is 5.14. The summed E-state index contributed by atoms with van der Waals surface area (Å²) >= 11 is 4.97. The second kappa shape index (κ2) is 7.23. The molecule has 0 unspecified atom stereocenters. The maximum absolute atomic E-state index is 13.5. The average molecular weight is 404 g/mol. The molecular formula is C18H15BrFN3S. The predicted molar refractivity (Wildman–Crippen MR) is 101 cm³/mol. The highest BCUT2D eigenvalue weighted by atomic mass is 79.9. The molecule has 0 spiro atoms. The molecule has 0 saturated carbocycles. The molecule has 0 radical (unpaired) electrons. The summed E-state index contributed by atoms with van der Waals surface area (Å²) in [6.45, 7) is 1.87. The van der Waals surface area contributed by atoms with Gasteiger partial charge in [-0.3, -0.25) is 4.99 Å². The number of thiazole rings is 1. The van der Waals surface area contributed by atoms with Crippen LogP contribution in [0.15, 0.2) is 68.5 Å². The van der Waals surface area contributed by atoms with Gasteiger partial charge >= 0.3 is 0 Å². The van der Waals surface area contributed by atoms with E-state index < -0.39 is 0 Å². The molecule has 0 bridgehead atoms. The molecule has 0 aliphatic rings. The number of aromatic nitrogens is 1. The first-order valence-electron chi connectivity index (χ1n) is 7.29. The first-order valence-corrected chi connectivity index (χ1v) is 8.96. The molecule has 24 heavy (non-hydrogen) atoms. The highest BCUT2D eigenvalue weighted by Crippen LogP contribution is 2.22. The molecule has 0 aliphatic heterocycles. The van der Waals surface area contributed by atoms with Crippen LogP contribution in [0, 0.1) is 5.82 Å². The first-order chi connectivity index (χ1) is 11.6. The minimum atomic E-state index is -0.272. The van der Waals surface area contributed by atoms with Crippen molar-refractivity contribution in [3.05, 3.63) is 74.6 Å². The van der Waals surface area contributed by atoms with Gasteiger partial charge in [-0.1, -0.05) is 40.2 Å². The van der Waals surface area contributed by atoms with E-state index >= 15 is 0 Å². The lowest BCUT2D eigenvalue weighted by Gasteiger charge is -2.06. The van der Waals surface area contributed by atoms with Crippen LogP contribution in [-0.2, 0) is 0 Å². The van der Waals surface area contributed by atoms with Crippen LogP contribution in [0.5, 0.6) is 0 Å². The highest BCUT2D eigenvalue weighted by Gasteiger charge is 2.08. The van der Waals surface area contributed by atoms with Crippen molar-refractivity contribution in [2.75, 3.05) is 7.05 Å². The van der Waals surface area contributed by atoms with Gasteiger partial charge in [-0.05, 0) is 31.2 Å². The molecule has 0 aliphatic carbocycles. The Kier molecular flexibility index (Phi) is 5.06. The van der Waals surface area contributed by atoms with Crippen LogP contribution in [-0.4, -0.2) is 17.4 Å². The number of rotatable bonds is 3. The normalized spacial score (nSPS) is 12.7. The van der Waals surface area contributed by atoms with Gasteiger partial charge in [0.2, 0.25) is 4.80 Å². The third kappa shape index (κ3) is 3.55. The minimum absolute atomic E-state index is 0.272. The molecule has 3 aromatic rings. The summed E-state index contributed by atoms with van der Waals surface area (Å²) in [4.78, 5) is 5.07. The lowest BCUT2D eigenvalue weighted by molar-refractivity contribution is 0.627. The fourth-order valence-electron chi connectivity index (χ4n) is 2.29. The summed E-state index contributed by atoms with van der Waals surface area (Å²) in [5.74, 6) is -0.272. The van der Waals surface area contributed by atoms with Gasteiger partial charge < -0.3 is 0 Å². The van der Waals surface area contributed by atoms with Gasteiger partial charge in [0.25, 0.3) is 0 Å². The topological polar surface area (TPSA) is 29.6 Å². The van der Waals surface area contributed by atoms with Crippen LogP contribution < -0.4 is 4.80 Å². The smallest absolute Gasteiger partial charge is 0.205 e. The summed E-state index contributed by atoms with van der Waals surface area (Å²) in [6, 6.07) is 14.5. The summed E-state index contributed by atoms with van der Waals surface area (Å²) in [6.07, 6.45) is 0. The fraction of sp³-hybridized carbons (Fsp3) is 0.111. The van der Waals surface area contributed by atoms with Crippen molar-refractivity contribution in [1.82, 2.24) is 4.68 Å². The summed E-state index contributed by atoms with van der Waals surface area (Å²) in [5, 5.41) is 6.69. The van der Waals surface area contributed by atoms with Gasteiger partial charge in [-0.15, -0.1) is 11.3 Å². The van der Waals surface area contributed by atoms with Gasteiger partial charge in [-0.25, -0.2) is 9.07 Å². The summed E-state index contributed by atoms with van der Waals surface area (Å²) in [5.41, 5.74) is 3.46. The quantitative estimate of drug-likeness (QED) is 0.555. The van der Waals surface area contributed by atoms with Crippen LogP contribution in [0.4, 0.5) is 4.39 Å². The molecule has 0 saturated heterocycles. The van der Waals surface area contributed by atoms with Crippen molar-refractivity contribution in [2.45, 2.75) is 6.92 Å². The molecule has 122 valence electrons. The van der Waals surface area contributed by atoms with E-state index in [1.807, 2.05) is 42.6 Å². The van der Waals surface area contributed by atoms with Crippen LogP contribution in [0.1, 0.15) is 12.5 Å². The third-order valence-electron chi connectivity index (χ3n) is 3.51. The second-order valence-corrected chi connectivity index (χ2v) is 6.89. The number of halogens is 2. The molecule has 2 aromatic carbocycles. The maximum atomic E-state index is 13.5. The van der Waals surface area contributed by atoms with Gasteiger partial charge in [0.05, 0.1) is 11.4 Å². The lowest BCUT2D eigenvalue weighted by atomic mass is 10.1. The Hall–Kier alpha value is -2.05. The van der Waals surface area contributed by atoms with E-state index in [0.717, 1.165) is 31.8 Å². The predicted octanol–water partition coefficient (Wildman–Crippen LogP) is 4.92. The third-order valence-corrected chi connectivity index (χ3v) is 4.95. The maximum Gasteiger partial charge on any atom is 0.205 e. The first kappa shape index (κ1) is 16.8. The zero-order chi connectivity index (χ0) is 17.1. The Labute approximate surface area is 152 Å². The average Bonchev–Trinajstić information content (AvgIpc) is 2.98. The van der Waals surface area contributed by atoms with Gasteiger partial charge in [0, 0.05) is 28.0 Å². The molecule has 0 fully saturated rings. The van der Waals surface area contributed by atoms with Crippen LogP contribution >= 0.6 is 27.3 Å². The molecule has 6 heteroatoms. The van der Waals surface area contributed by atoms with Crippen LogP contribution in [0.2, 0.25) is 0 Å². The SMILES string of the molecule is CN=c1scc(-c2ccc(Br)cc2)n1N=C(C)c1cccc(F)c1. The molecule has 0 atom stereocenters. The Morgan fingerprint density at radius 2 is 1.92 bits per heavy atom. The summed E-state index contributed by atoms with van der Waals surface area (Å²) < 4.78 is 16.3. The highest BCUT2D eigenvalue weighted by molar-refractivity contribution is 9.10. The molecule has 1 heterocycles. The van der Waals surface area contributed by atoms with Gasteiger partial charge in [-0.2, -0.15) is 5.10 Å². The van der Waals surface area contributed by atoms with Crippen molar-refractivity contribution in [3.63, 3.8) is 0 Å². The van der Waals surface area contributed by atoms with E-state index in [9.17, 15) is 4.39 Å². The van der Waals surface area contributed by atoms with E-state index in [2.05, 4.69) is 26.0 Å². The number of hydrogen-bond donors (Lipinski definition) is 0.